The van der Waals surface area contributed by atoms with Gasteiger partial charge in [0.25, 0.3) is 5.91 Å². The van der Waals surface area contributed by atoms with Crippen LogP contribution in [0.5, 0.6) is 5.75 Å². The summed E-state index contributed by atoms with van der Waals surface area (Å²) in [7, 11) is 1.60. The summed E-state index contributed by atoms with van der Waals surface area (Å²) in [6, 6.07) is 22.8. The molecule has 0 heterocycles. The fourth-order valence-electron chi connectivity index (χ4n) is 3.72. The number of rotatable bonds is 9. The van der Waals surface area contributed by atoms with Crippen molar-refractivity contribution >= 4 is 11.8 Å². The van der Waals surface area contributed by atoms with Gasteiger partial charge in [-0.2, -0.15) is 0 Å². The van der Waals surface area contributed by atoms with Gasteiger partial charge in [0.2, 0.25) is 5.91 Å². The van der Waals surface area contributed by atoms with E-state index in [0.29, 0.717) is 18.7 Å². The molecule has 172 valence electrons. The van der Waals surface area contributed by atoms with Crippen molar-refractivity contribution < 1.29 is 14.3 Å². The lowest BCUT2D eigenvalue weighted by Crippen LogP contribution is -2.51. The Kier molecular flexibility index (Phi) is 8.25. The molecule has 0 saturated carbocycles. The van der Waals surface area contributed by atoms with Gasteiger partial charge >= 0.3 is 0 Å². The zero-order chi connectivity index (χ0) is 23.8. The van der Waals surface area contributed by atoms with Crippen molar-refractivity contribution in [2.24, 2.45) is 0 Å². The number of ether oxygens (including phenoxy) is 1. The molecule has 0 aliphatic heterocycles. The van der Waals surface area contributed by atoms with Crippen LogP contribution in [0.2, 0.25) is 0 Å². The van der Waals surface area contributed by atoms with Crippen molar-refractivity contribution in [1.82, 2.24) is 10.2 Å². The first-order valence-corrected chi connectivity index (χ1v) is 11.2. The molecule has 0 aliphatic carbocycles. The molecular formula is C28H32N2O3. The molecule has 0 aliphatic rings. The number of nitrogens with one attached hydrogen (secondary N) is 1. The lowest BCUT2D eigenvalue weighted by molar-refractivity contribution is -0.142. The summed E-state index contributed by atoms with van der Waals surface area (Å²) < 4.78 is 5.84. The third kappa shape index (κ3) is 6.45. The van der Waals surface area contributed by atoms with Gasteiger partial charge in [0, 0.05) is 20.0 Å². The first-order chi connectivity index (χ1) is 15.9. The van der Waals surface area contributed by atoms with Crippen molar-refractivity contribution in [3.05, 3.63) is 101 Å². The number of aryl methyl sites for hydroxylation is 3. The van der Waals surface area contributed by atoms with Crippen LogP contribution in [0.3, 0.4) is 0 Å². The van der Waals surface area contributed by atoms with Gasteiger partial charge in [0.1, 0.15) is 11.8 Å². The van der Waals surface area contributed by atoms with Gasteiger partial charge in [-0.3, -0.25) is 9.59 Å². The zero-order valence-electron chi connectivity index (χ0n) is 19.8. The van der Waals surface area contributed by atoms with Crippen LogP contribution >= 0.6 is 0 Å². The summed E-state index contributed by atoms with van der Waals surface area (Å²) in [5, 5.41) is 2.73. The maximum Gasteiger partial charge on any atom is 0.261 e. The highest BCUT2D eigenvalue weighted by atomic mass is 16.5. The standard InChI is InChI=1S/C28H32N2O3/c1-20-14-15-25(16-22(20)3)33-19-27(31)30(18-24-13-9-8-10-21(24)2)26(28(32)29-4)17-23-11-6-5-7-12-23/h5-16,26H,17-19H2,1-4H3,(H,29,32). The van der Waals surface area contributed by atoms with Crippen LogP contribution in [0.15, 0.2) is 72.8 Å². The van der Waals surface area contributed by atoms with E-state index in [4.69, 9.17) is 4.74 Å². The Morgan fingerprint density at radius 2 is 1.58 bits per heavy atom. The fourth-order valence-corrected chi connectivity index (χ4v) is 3.72. The maximum absolute atomic E-state index is 13.5. The highest BCUT2D eigenvalue weighted by molar-refractivity contribution is 5.88. The number of carbonyl (C=O) groups excluding carboxylic acids is 2. The minimum atomic E-state index is -0.659. The van der Waals surface area contributed by atoms with Crippen molar-refractivity contribution in [2.75, 3.05) is 13.7 Å². The highest BCUT2D eigenvalue weighted by Crippen LogP contribution is 2.19. The molecule has 0 aromatic heterocycles. The minimum Gasteiger partial charge on any atom is -0.484 e. The van der Waals surface area contributed by atoms with E-state index in [1.165, 1.54) is 0 Å². The highest BCUT2D eigenvalue weighted by Gasteiger charge is 2.30. The van der Waals surface area contributed by atoms with Gasteiger partial charge in [0.15, 0.2) is 6.61 Å². The quantitative estimate of drug-likeness (QED) is 0.533. The van der Waals surface area contributed by atoms with E-state index >= 15 is 0 Å². The Morgan fingerprint density at radius 1 is 0.879 bits per heavy atom. The van der Waals surface area contributed by atoms with Crippen LogP contribution in [0.1, 0.15) is 27.8 Å². The molecule has 1 atom stereocenters. The molecule has 3 aromatic rings. The van der Waals surface area contributed by atoms with E-state index in [1.807, 2.05) is 93.6 Å². The number of amides is 2. The molecule has 1 N–H and O–H groups in total. The Hall–Kier alpha value is -3.60. The molecule has 33 heavy (non-hydrogen) atoms. The first kappa shape index (κ1) is 24.1. The third-order valence-electron chi connectivity index (χ3n) is 5.96. The fraction of sp³-hybridized carbons (Fsp3) is 0.286. The van der Waals surface area contributed by atoms with E-state index < -0.39 is 6.04 Å². The van der Waals surface area contributed by atoms with Crippen molar-refractivity contribution in [3.8, 4) is 5.75 Å². The van der Waals surface area contributed by atoms with E-state index in [-0.39, 0.29) is 18.4 Å². The molecule has 0 spiro atoms. The van der Waals surface area contributed by atoms with Crippen molar-refractivity contribution in [1.29, 1.82) is 0 Å². The molecule has 5 nitrogen and oxygen atoms in total. The summed E-state index contributed by atoms with van der Waals surface area (Å²) in [5.41, 5.74) is 5.32. The van der Waals surface area contributed by atoms with Gasteiger partial charge in [-0.05, 0) is 60.7 Å². The Morgan fingerprint density at radius 3 is 2.24 bits per heavy atom. The van der Waals surface area contributed by atoms with Gasteiger partial charge in [0.05, 0.1) is 0 Å². The van der Waals surface area contributed by atoms with Crippen molar-refractivity contribution in [3.63, 3.8) is 0 Å². The number of hydrogen-bond acceptors (Lipinski definition) is 3. The number of hydrogen-bond donors (Lipinski definition) is 1. The number of nitrogens with zero attached hydrogens (tertiary/aromatic N) is 1. The van der Waals surface area contributed by atoms with E-state index in [0.717, 1.165) is 27.8 Å². The second kappa shape index (κ2) is 11.3. The van der Waals surface area contributed by atoms with Crippen LogP contribution in [-0.4, -0.2) is 36.4 Å². The normalized spacial score (nSPS) is 11.5. The van der Waals surface area contributed by atoms with Crippen LogP contribution in [0, 0.1) is 20.8 Å². The van der Waals surface area contributed by atoms with Crippen molar-refractivity contribution in [2.45, 2.75) is 39.8 Å². The average Bonchev–Trinajstić information content (AvgIpc) is 2.83. The van der Waals surface area contributed by atoms with Crippen LogP contribution in [0.4, 0.5) is 0 Å². The molecule has 0 radical (unpaired) electrons. The van der Waals surface area contributed by atoms with Gasteiger partial charge in [-0.25, -0.2) is 0 Å². The summed E-state index contributed by atoms with van der Waals surface area (Å²) in [6.45, 7) is 6.24. The smallest absolute Gasteiger partial charge is 0.261 e. The predicted molar refractivity (Wildman–Crippen MR) is 131 cm³/mol. The zero-order valence-corrected chi connectivity index (χ0v) is 19.8. The molecule has 0 saturated heterocycles. The molecule has 3 aromatic carbocycles. The Balaban J connectivity index is 1.88. The van der Waals surface area contributed by atoms with Gasteiger partial charge in [-0.15, -0.1) is 0 Å². The Labute approximate surface area is 196 Å². The van der Waals surface area contributed by atoms with Crippen LogP contribution in [0.25, 0.3) is 0 Å². The average molecular weight is 445 g/mol. The molecule has 2 amide bonds. The molecule has 1 unspecified atom stereocenters. The third-order valence-corrected chi connectivity index (χ3v) is 5.96. The summed E-state index contributed by atoms with van der Waals surface area (Å²) in [6.07, 6.45) is 0.418. The van der Waals surface area contributed by atoms with E-state index in [2.05, 4.69) is 5.32 Å². The summed E-state index contributed by atoms with van der Waals surface area (Å²) in [5.74, 6) is 0.204. The summed E-state index contributed by atoms with van der Waals surface area (Å²) >= 11 is 0. The second-order valence-electron chi connectivity index (χ2n) is 8.30. The lowest BCUT2D eigenvalue weighted by atomic mass is 10.0. The second-order valence-corrected chi connectivity index (χ2v) is 8.30. The van der Waals surface area contributed by atoms with Crippen LogP contribution in [-0.2, 0) is 22.6 Å². The number of carbonyl (C=O) groups is 2. The van der Waals surface area contributed by atoms with Gasteiger partial charge < -0.3 is 15.0 Å². The van der Waals surface area contributed by atoms with Gasteiger partial charge in [-0.1, -0.05) is 60.7 Å². The Bertz CT molecular complexity index is 1100. The van der Waals surface area contributed by atoms with Crippen LogP contribution < -0.4 is 10.1 Å². The number of likely N-dealkylation sites (N-methyl/N-ethyl adjacent to an activating group) is 1. The topological polar surface area (TPSA) is 58.6 Å². The monoisotopic (exact) mass is 444 g/mol. The molecule has 5 heteroatoms. The predicted octanol–water partition coefficient (Wildman–Crippen LogP) is 4.38. The largest absolute Gasteiger partial charge is 0.484 e. The molecule has 3 rings (SSSR count). The number of benzene rings is 3. The lowest BCUT2D eigenvalue weighted by Gasteiger charge is -2.31. The van der Waals surface area contributed by atoms with E-state index in [1.54, 1.807) is 11.9 Å². The minimum absolute atomic E-state index is 0.142. The summed E-state index contributed by atoms with van der Waals surface area (Å²) in [4.78, 5) is 28.0. The molecular weight excluding hydrogens is 412 g/mol. The van der Waals surface area contributed by atoms with E-state index in [9.17, 15) is 9.59 Å². The maximum atomic E-state index is 13.5. The molecule has 0 bridgehead atoms. The SMILES string of the molecule is CNC(=O)C(Cc1ccccc1)N(Cc1ccccc1C)C(=O)COc1ccc(C)c(C)c1. The molecule has 0 fully saturated rings. The first-order valence-electron chi connectivity index (χ1n) is 11.2.